The predicted octanol–water partition coefficient (Wildman–Crippen LogP) is 7.70. The SMILES string of the molecule is COc1cc(C(=O)NCCO)ccc1Nc1nccc(Oc2ccc(NC(=O)Nc3cc(-c4ccccc4)nn3-c3ccc(C)cc3)c3ccccc23)n1. The fourth-order valence-electron chi connectivity index (χ4n) is 5.74. The number of nitrogens with one attached hydrogen (secondary N) is 4. The number of aromatic nitrogens is 4. The van der Waals surface area contributed by atoms with Crippen LogP contribution in [0.1, 0.15) is 15.9 Å². The summed E-state index contributed by atoms with van der Waals surface area (Å²) in [5.41, 5.74) is 5.05. The third-order valence-electron chi connectivity index (χ3n) is 8.38. The van der Waals surface area contributed by atoms with Crippen molar-refractivity contribution in [1.29, 1.82) is 0 Å². The molecule has 0 fully saturated rings. The predicted molar refractivity (Wildman–Crippen MR) is 208 cm³/mol. The molecule has 5 aromatic carbocycles. The summed E-state index contributed by atoms with van der Waals surface area (Å²) in [4.78, 5) is 34.7. The van der Waals surface area contributed by atoms with Crippen molar-refractivity contribution in [3.63, 3.8) is 0 Å². The van der Waals surface area contributed by atoms with Gasteiger partial charge >= 0.3 is 6.03 Å². The quantitative estimate of drug-likeness (QED) is 0.0851. The van der Waals surface area contributed by atoms with E-state index >= 15 is 0 Å². The molecule has 7 rings (SSSR count). The Balaban J connectivity index is 1.09. The molecule has 5 N–H and O–H groups in total. The number of anilines is 4. The van der Waals surface area contributed by atoms with Crippen LogP contribution in [0.4, 0.5) is 27.9 Å². The minimum atomic E-state index is -0.442. The van der Waals surface area contributed by atoms with Gasteiger partial charge in [-0.3, -0.25) is 10.1 Å². The minimum absolute atomic E-state index is 0.143. The molecule has 7 aromatic rings. The highest BCUT2D eigenvalue weighted by Gasteiger charge is 2.17. The van der Waals surface area contributed by atoms with Crippen LogP contribution in [0.3, 0.4) is 0 Å². The summed E-state index contributed by atoms with van der Waals surface area (Å²) < 4.78 is 13.5. The van der Waals surface area contributed by atoms with E-state index < -0.39 is 6.03 Å². The van der Waals surface area contributed by atoms with E-state index in [9.17, 15) is 9.59 Å². The number of hydrogen-bond donors (Lipinski definition) is 5. The standard InChI is InChI=1S/C41H36N8O5/c1-26-12-15-29(16-13-26)49-37(25-34(48-49)27-8-4-3-5-9-27)46-41(52)45-32-18-19-35(31-11-7-6-10-30(31)32)54-38-20-21-43-40(47-38)44-33-17-14-28(24-36(33)53-2)39(51)42-22-23-50/h3-21,24-25,50H,22-23H2,1-2H3,(H,42,51)(H,43,44,47)(H2,45,46,52). The summed E-state index contributed by atoms with van der Waals surface area (Å²) >= 11 is 0. The van der Waals surface area contributed by atoms with Crippen LogP contribution in [0.25, 0.3) is 27.7 Å². The zero-order valence-electron chi connectivity index (χ0n) is 29.4. The summed E-state index contributed by atoms with van der Waals surface area (Å²) in [5, 5.41) is 27.0. The van der Waals surface area contributed by atoms with Crippen molar-refractivity contribution < 1.29 is 24.2 Å². The first-order valence-corrected chi connectivity index (χ1v) is 17.1. The van der Waals surface area contributed by atoms with Gasteiger partial charge in [0, 0.05) is 46.8 Å². The van der Waals surface area contributed by atoms with Gasteiger partial charge in [0.25, 0.3) is 5.91 Å². The van der Waals surface area contributed by atoms with Crippen LogP contribution in [0.2, 0.25) is 0 Å². The number of nitrogens with zero attached hydrogens (tertiary/aromatic N) is 4. The zero-order valence-corrected chi connectivity index (χ0v) is 29.4. The molecule has 13 heteroatoms. The van der Waals surface area contributed by atoms with Gasteiger partial charge in [0.05, 0.1) is 36.5 Å². The van der Waals surface area contributed by atoms with Gasteiger partial charge in [-0.25, -0.2) is 14.5 Å². The average molecular weight is 721 g/mol. The number of ether oxygens (including phenoxy) is 2. The van der Waals surface area contributed by atoms with E-state index in [2.05, 4.69) is 31.2 Å². The average Bonchev–Trinajstić information content (AvgIpc) is 3.62. The van der Waals surface area contributed by atoms with Crippen molar-refractivity contribution in [2.24, 2.45) is 0 Å². The van der Waals surface area contributed by atoms with Gasteiger partial charge in [-0.05, 0) is 49.4 Å². The molecule has 0 atom stereocenters. The highest BCUT2D eigenvalue weighted by atomic mass is 16.5. The van der Waals surface area contributed by atoms with E-state index in [-0.39, 0.29) is 30.9 Å². The Hall–Kier alpha value is -7.25. The molecule has 0 unspecified atom stereocenters. The molecule has 0 bridgehead atoms. The molecule has 0 saturated heterocycles. The summed E-state index contributed by atoms with van der Waals surface area (Å²) in [6, 6.07) is 36.7. The van der Waals surface area contributed by atoms with Crippen molar-refractivity contribution in [2.45, 2.75) is 6.92 Å². The topological polar surface area (TPSA) is 165 Å². The normalized spacial score (nSPS) is 10.8. The Morgan fingerprint density at radius 1 is 0.796 bits per heavy atom. The molecular formula is C41H36N8O5. The molecule has 2 aromatic heterocycles. The smallest absolute Gasteiger partial charge is 0.324 e. The lowest BCUT2D eigenvalue weighted by molar-refractivity contribution is 0.0944. The number of methoxy groups -OCH3 is 1. The van der Waals surface area contributed by atoms with E-state index in [1.807, 2.05) is 91.9 Å². The molecule has 0 saturated carbocycles. The Bertz CT molecular complexity index is 2430. The molecular weight excluding hydrogens is 685 g/mol. The Labute approximate surface area is 310 Å². The number of urea groups is 1. The van der Waals surface area contributed by atoms with Gasteiger partial charge < -0.3 is 30.5 Å². The number of amides is 3. The van der Waals surface area contributed by atoms with Crippen LogP contribution in [0, 0.1) is 6.92 Å². The molecule has 3 amide bonds. The lowest BCUT2D eigenvalue weighted by Crippen LogP contribution is -2.26. The molecule has 0 spiro atoms. The summed E-state index contributed by atoms with van der Waals surface area (Å²) in [5.74, 6) is 1.59. The Morgan fingerprint density at radius 2 is 1.56 bits per heavy atom. The summed E-state index contributed by atoms with van der Waals surface area (Å²) in [6.07, 6.45) is 1.56. The maximum Gasteiger partial charge on any atom is 0.324 e. The second-order valence-corrected chi connectivity index (χ2v) is 12.1. The van der Waals surface area contributed by atoms with Crippen molar-refractivity contribution in [2.75, 3.05) is 36.2 Å². The van der Waals surface area contributed by atoms with Crippen molar-refractivity contribution in [3.8, 4) is 34.3 Å². The first kappa shape index (κ1) is 35.2. The first-order chi connectivity index (χ1) is 26.4. The largest absolute Gasteiger partial charge is 0.495 e. The fraction of sp³-hybridized carbons (Fsp3) is 0.0976. The molecule has 0 aliphatic carbocycles. The van der Waals surface area contributed by atoms with E-state index in [0.29, 0.717) is 34.3 Å². The lowest BCUT2D eigenvalue weighted by Gasteiger charge is -2.15. The fourth-order valence-corrected chi connectivity index (χ4v) is 5.74. The van der Waals surface area contributed by atoms with E-state index in [4.69, 9.17) is 19.7 Å². The molecule has 270 valence electrons. The number of fused-ring (bicyclic) bond motifs is 1. The van der Waals surface area contributed by atoms with Gasteiger partial charge in [-0.1, -0.05) is 72.3 Å². The lowest BCUT2D eigenvalue weighted by atomic mass is 10.1. The van der Waals surface area contributed by atoms with Gasteiger partial charge in [0.15, 0.2) is 0 Å². The van der Waals surface area contributed by atoms with Crippen molar-refractivity contribution in [3.05, 3.63) is 139 Å². The van der Waals surface area contributed by atoms with Gasteiger partial charge in [-0.15, -0.1) is 0 Å². The second kappa shape index (κ2) is 16.0. The number of hydrogen-bond acceptors (Lipinski definition) is 9. The van der Waals surface area contributed by atoms with Crippen LogP contribution in [-0.2, 0) is 0 Å². The minimum Gasteiger partial charge on any atom is -0.495 e. The first-order valence-electron chi connectivity index (χ1n) is 17.1. The molecule has 13 nitrogen and oxygen atoms in total. The van der Waals surface area contributed by atoms with Crippen LogP contribution >= 0.6 is 0 Å². The second-order valence-electron chi connectivity index (χ2n) is 12.1. The maximum atomic E-state index is 13.6. The van der Waals surface area contributed by atoms with E-state index in [0.717, 1.165) is 33.3 Å². The molecule has 0 aliphatic heterocycles. The third-order valence-corrected chi connectivity index (χ3v) is 8.38. The number of aliphatic hydroxyl groups is 1. The number of carbonyl (C=O) groups is 2. The summed E-state index contributed by atoms with van der Waals surface area (Å²) in [6.45, 7) is 2.00. The third kappa shape index (κ3) is 7.96. The van der Waals surface area contributed by atoms with Crippen LogP contribution < -0.4 is 30.7 Å². The maximum absolute atomic E-state index is 13.6. The van der Waals surface area contributed by atoms with E-state index in [1.54, 1.807) is 47.3 Å². The number of rotatable bonds is 12. The van der Waals surface area contributed by atoms with Gasteiger partial charge in [0.1, 0.15) is 17.3 Å². The molecule has 0 aliphatic rings. The summed E-state index contributed by atoms with van der Waals surface area (Å²) in [7, 11) is 1.49. The number of carbonyl (C=O) groups excluding carboxylic acids is 2. The number of benzene rings is 5. The van der Waals surface area contributed by atoms with Crippen molar-refractivity contribution >= 4 is 45.9 Å². The number of aliphatic hydroxyl groups excluding tert-OH is 1. The van der Waals surface area contributed by atoms with Crippen LogP contribution in [-0.4, -0.2) is 57.1 Å². The molecule has 0 radical (unpaired) electrons. The highest BCUT2D eigenvalue weighted by molar-refractivity contribution is 6.07. The highest BCUT2D eigenvalue weighted by Crippen LogP contribution is 2.35. The van der Waals surface area contributed by atoms with Gasteiger partial charge in [0.2, 0.25) is 11.8 Å². The monoisotopic (exact) mass is 720 g/mol. The Kier molecular flexibility index (Phi) is 10.4. The van der Waals surface area contributed by atoms with Crippen LogP contribution in [0.15, 0.2) is 128 Å². The van der Waals surface area contributed by atoms with Crippen molar-refractivity contribution in [1.82, 2.24) is 25.1 Å². The van der Waals surface area contributed by atoms with Gasteiger partial charge in [-0.2, -0.15) is 10.1 Å². The molecule has 54 heavy (non-hydrogen) atoms. The van der Waals surface area contributed by atoms with Crippen LogP contribution in [0.5, 0.6) is 17.4 Å². The van der Waals surface area contributed by atoms with E-state index in [1.165, 1.54) is 7.11 Å². The number of aryl methyl sites for hydroxylation is 1. The molecule has 2 heterocycles. The zero-order chi connectivity index (χ0) is 37.4. The Morgan fingerprint density at radius 3 is 2.33 bits per heavy atom.